The lowest BCUT2D eigenvalue weighted by molar-refractivity contribution is -0.115. The smallest absolute Gasteiger partial charge is 0.230 e. The SMILES string of the molecule is Cn1ncc2cc(N3CC[C@H](O)C3)c(NC(=O)Cc3coc(-c4ccnc(C5CC5)c4)n3)cc21. The number of carbonyl (C=O) groups is 1. The van der Waals surface area contributed by atoms with Crippen LogP contribution in [-0.4, -0.2) is 50.0 Å². The molecule has 9 heteroatoms. The zero-order valence-electron chi connectivity index (χ0n) is 18.9. The topological polar surface area (TPSA) is 109 Å². The third-order valence-corrected chi connectivity index (χ3v) is 6.56. The fourth-order valence-corrected chi connectivity index (χ4v) is 4.57. The quantitative estimate of drug-likeness (QED) is 0.456. The molecule has 0 unspecified atom stereocenters. The van der Waals surface area contributed by atoms with Gasteiger partial charge in [-0.1, -0.05) is 0 Å². The van der Waals surface area contributed by atoms with Gasteiger partial charge in [0.2, 0.25) is 11.8 Å². The average Bonchev–Trinajstić information content (AvgIpc) is 3.27. The third-order valence-electron chi connectivity index (χ3n) is 6.56. The molecule has 1 aromatic carbocycles. The fourth-order valence-electron chi connectivity index (χ4n) is 4.57. The molecule has 3 aromatic heterocycles. The number of benzene rings is 1. The first-order valence-corrected chi connectivity index (χ1v) is 11.6. The van der Waals surface area contributed by atoms with Gasteiger partial charge in [0.15, 0.2) is 0 Å². The minimum absolute atomic E-state index is 0.0928. The molecule has 0 spiro atoms. The summed E-state index contributed by atoms with van der Waals surface area (Å²) in [6.45, 7) is 1.27. The molecular weight excluding hydrogens is 432 g/mol. The Bertz CT molecular complexity index is 1370. The number of rotatable bonds is 6. The summed E-state index contributed by atoms with van der Waals surface area (Å²) in [6.07, 6.45) is 7.91. The third kappa shape index (κ3) is 4.03. The van der Waals surface area contributed by atoms with E-state index in [2.05, 4.69) is 25.3 Å². The molecular formula is C25H26N6O3. The highest BCUT2D eigenvalue weighted by Crippen LogP contribution is 2.40. The van der Waals surface area contributed by atoms with Crippen LogP contribution in [0.2, 0.25) is 0 Å². The summed E-state index contributed by atoms with van der Waals surface area (Å²) in [4.78, 5) is 24.1. The number of oxazole rings is 1. The number of carbonyl (C=O) groups excluding carboxylic acids is 1. The lowest BCUT2D eigenvalue weighted by Gasteiger charge is -2.22. The number of aliphatic hydroxyl groups excluding tert-OH is 1. The molecule has 2 N–H and O–H groups in total. The van der Waals surface area contributed by atoms with Gasteiger partial charge in [0.25, 0.3) is 0 Å². The number of hydrogen-bond donors (Lipinski definition) is 2. The van der Waals surface area contributed by atoms with E-state index in [9.17, 15) is 9.90 Å². The number of β-amino-alcohol motifs (C(OH)–C–C–N with tert-alkyl or cyclic N) is 1. The van der Waals surface area contributed by atoms with E-state index in [1.54, 1.807) is 10.9 Å². The second-order valence-corrected chi connectivity index (χ2v) is 9.20. The molecule has 2 aliphatic rings. The number of pyridine rings is 1. The van der Waals surface area contributed by atoms with Crippen molar-refractivity contribution in [2.75, 3.05) is 23.3 Å². The maximum Gasteiger partial charge on any atom is 0.230 e. The van der Waals surface area contributed by atoms with Gasteiger partial charge in [-0.05, 0) is 43.5 Å². The van der Waals surface area contributed by atoms with Crippen LogP contribution in [0.4, 0.5) is 11.4 Å². The first-order chi connectivity index (χ1) is 16.5. The molecule has 1 saturated carbocycles. The molecule has 34 heavy (non-hydrogen) atoms. The number of nitrogens with zero attached hydrogens (tertiary/aromatic N) is 5. The van der Waals surface area contributed by atoms with Crippen molar-refractivity contribution in [3.63, 3.8) is 0 Å². The van der Waals surface area contributed by atoms with E-state index in [1.165, 1.54) is 19.1 Å². The highest BCUT2D eigenvalue weighted by atomic mass is 16.3. The first-order valence-electron chi connectivity index (χ1n) is 11.6. The maximum atomic E-state index is 13.0. The maximum absolute atomic E-state index is 13.0. The molecule has 1 aliphatic heterocycles. The molecule has 4 aromatic rings. The Morgan fingerprint density at radius 2 is 2.15 bits per heavy atom. The standard InChI is InChI=1S/C25H26N6O3/c1-30-22-11-21(23(9-17(22)12-27-30)31-7-5-19(32)13-31)29-24(33)10-18-14-34-25(28-18)16-4-6-26-20(8-16)15-2-3-15/h4,6,8-9,11-12,14-15,19,32H,2-3,5,7,10,13H2,1H3,(H,29,33)/t19-/m0/s1. The van der Waals surface area contributed by atoms with Crippen LogP contribution in [-0.2, 0) is 18.3 Å². The van der Waals surface area contributed by atoms with Crippen molar-refractivity contribution in [2.24, 2.45) is 7.05 Å². The summed E-state index contributed by atoms with van der Waals surface area (Å²) in [5, 5.41) is 18.4. The van der Waals surface area contributed by atoms with E-state index >= 15 is 0 Å². The summed E-state index contributed by atoms with van der Waals surface area (Å²) in [5.41, 5.74) is 5.02. The Morgan fingerprint density at radius 3 is 2.94 bits per heavy atom. The Balaban J connectivity index is 1.22. The van der Waals surface area contributed by atoms with E-state index in [4.69, 9.17) is 4.42 Å². The van der Waals surface area contributed by atoms with Gasteiger partial charge in [-0.3, -0.25) is 14.5 Å². The first kappa shape index (κ1) is 20.9. The minimum atomic E-state index is -0.365. The van der Waals surface area contributed by atoms with Crippen LogP contribution in [0, 0.1) is 0 Å². The van der Waals surface area contributed by atoms with Crippen molar-refractivity contribution in [1.82, 2.24) is 19.7 Å². The van der Waals surface area contributed by atoms with Crippen LogP contribution < -0.4 is 10.2 Å². The van der Waals surface area contributed by atoms with Gasteiger partial charge in [0.05, 0.1) is 41.3 Å². The zero-order chi connectivity index (χ0) is 23.2. The van der Waals surface area contributed by atoms with Gasteiger partial charge in [0.1, 0.15) is 6.26 Å². The molecule has 9 nitrogen and oxygen atoms in total. The number of aryl methyl sites for hydroxylation is 1. The largest absolute Gasteiger partial charge is 0.444 e. The van der Waals surface area contributed by atoms with E-state index in [-0.39, 0.29) is 18.4 Å². The van der Waals surface area contributed by atoms with Crippen LogP contribution in [0.5, 0.6) is 0 Å². The number of anilines is 2. The normalized spacial score (nSPS) is 18.1. The van der Waals surface area contributed by atoms with Crippen LogP contribution in [0.15, 0.2) is 47.3 Å². The molecule has 1 saturated heterocycles. The summed E-state index contributed by atoms with van der Waals surface area (Å²) in [6, 6.07) is 7.85. The van der Waals surface area contributed by atoms with Crippen molar-refractivity contribution in [3.8, 4) is 11.5 Å². The van der Waals surface area contributed by atoms with Crippen molar-refractivity contribution in [1.29, 1.82) is 0 Å². The second kappa shape index (κ2) is 8.25. The lowest BCUT2D eigenvalue weighted by Crippen LogP contribution is -2.24. The van der Waals surface area contributed by atoms with E-state index in [0.717, 1.165) is 34.4 Å². The Kier molecular flexibility index (Phi) is 5.06. The highest BCUT2D eigenvalue weighted by Gasteiger charge is 2.26. The van der Waals surface area contributed by atoms with Gasteiger partial charge in [-0.25, -0.2) is 4.98 Å². The van der Waals surface area contributed by atoms with Crippen molar-refractivity contribution < 1.29 is 14.3 Å². The van der Waals surface area contributed by atoms with Crippen molar-refractivity contribution in [3.05, 3.63) is 54.3 Å². The number of hydrogen-bond acceptors (Lipinski definition) is 7. The average molecular weight is 459 g/mol. The molecule has 174 valence electrons. The molecule has 1 atom stereocenters. The number of amides is 1. The highest BCUT2D eigenvalue weighted by molar-refractivity contribution is 5.99. The van der Waals surface area contributed by atoms with Crippen molar-refractivity contribution >= 4 is 28.2 Å². The number of aromatic nitrogens is 4. The Hall–Kier alpha value is -3.72. The fraction of sp³-hybridized carbons (Fsp3) is 0.360. The predicted octanol–water partition coefficient (Wildman–Crippen LogP) is 3.25. The summed E-state index contributed by atoms with van der Waals surface area (Å²) >= 11 is 0. The monoisotopic (exact) mass is 458 g/mol. The van der Waals surface area contributed by atoms with E-state index in [0.29, 0.717) is 36.2 Å². The van der Waals surface area contributed by atoms with Gasteiger partial charge in [-0.15, -0.1) is 0 Å². The van der Waals surface area contributed by atoms with Crippen LogP contribution in [0.1, 0.15) is 36.6 Å². The van der Waals surface area contributed by atoms with Crippen molar-refractivity contribution in [2.45, 2.75) is 37.7 Å². The molecule has 1 amide bonds. The lowest BCUT2D eigenvalue weighted by atomic mass is 10.1. The summed E-state index contributed by atoms with van der Waals surface area (Å²) < 4.78 is 7.45. The number of nitrogens with one attached hydrogen (secondary N) is 1. The number of aliphatic hydroxyl groups is 1. The van der Waals surface area contributed by atoms with Gasteiger partial charge >= 0.3 is 0 Å². The number of fused-ring (bicyclic) bond motifs is 1. The van der Waals surface area contributed by atoms with Crippen LogP contribution >= 0.6 is 0 Å². The van der Waals surface area contributed by atoms with E-state index in [1.807, 2.05) is 37.5 Å². The van der Waals surface area contributed by atoms with Gasteiger partial charge < -0.3 is 19.7 Å². The Morgan fingerprint density at radius 1 is 1.26 bits per heavy atom. The molecule has 0 radical (unpaired) electrons. The molecule has 6 rings (SSSR count). The molecule has 4 heterocycles. The predicted molar refractivity (Wildman–Crippen MR) is 128 cm³/mol. The molecule has 2 fully saturated rings. The molecule has 0 bridgehead atoms. The summed E-state index contributed by atoms with van der Waals surface area (Å²) in [7, 11) is 1.87. The Labute approximate surface area is 196 Å². The van der Waals surface area contributed by atoms with Crippen LogP contribution in [0.3, 0.4) is 0 Å². The second-order valence-electron chi connectivity index (χ2n) is 9.20. The van der Waals surface area contributed by atoms with Gasteiger partial charge in [0, 0.05) is 48.9 Å². The minimum Gasteiger partial charge on any atom is -0.444 e. The van der Waals surface area contributed by atoms with Gasteiger partial charge in [-0.2, -0.15) is 5.10 Å². The zero-order valence-corrected chi connectivity index (χ0v) is 18.9. The summed E-state index contributed by atoms with van der Waals surface area (Å²) in [5.74, 6) is 0.855. The van der Waals surface area contributed by atoms with Crippen LogP contribution in [0.25, 0.3) is 22.4 Å². The molecule has 1 aliphatic carbocycles. The van der Waals surface area contributed by atoms with E-state index < -0.39 is 0 Å².